The molecule has 1 fully saturated rings. The van der Waals surface area contributed by atoms with Gasteiger partial charge in [0.05, 0.1) is 5.02 Å². The molecule has 0 amide bonds. The van der Waals surface area contributed by atoms with E-state index in [0.717, 1.165) is 47.2 Å². The molecule has 1 aromatic rings. The third-order valence-electron chi connectivity index (χ3n) is 4.18. The van der Waals surface area contributed by atoms with Crippen LogP contribution < -0.4 is 15.2 Å². The van der Waals surface area contributed by atoms with Gasteiger partial charge in [0, 0.05) is 18.2 Å². The zero-order valence-corrected chi connectivity index (χ0v) is 12.0. The minimum Gasteiger partial charge on any atom is -0.454 e. The van der Waals surface area contributed by atoms with E-state index in [1.807, 2.05) is 13.0 Å². The summed E-state index contributed by atoms with van der Waals surface area (Å²) in [6.45, 7) is 4.00. The lowest BCUT2D eigenvalue weighted by atomic mass is 9.97. The minimum absolute atomic E-state index is 0.280. The summed E-state index contributed by atoms with van der Waals surface area (Å²) in [5, 5.41) is 0.791. The lowest BCUT2D eigenvalue weighted by molar-refractivity contribution is 0.173. The molecule has 0 aliphatic carbocycles. The van der Waals surface area contributed by atoms with E-state index in [0.29, 0.717) is 12.0 Å². The number of hydrogen-bond donors (Lipinski definition) is 1. The Bertz CT molecular complexity index is 507. The van der Waals surface area contributed by atoms with Gasteiger partial charge in [-0.15, -0.1) is 0 Å². The van der Waals surface area contributed by atoms with E-state index in [9.17, 15) is 0 Å². The summed E-state index contributed by atoms with van der Waals surface area (Å²) in [6.07, 6.45) is 1.05. The predicted molar refractivity (Wildman–Crippen MR) is 74.8 cm³/mol. The van der Waals surface area contributed by atoms with Crippen LogP contribution in [-0.4, -0.2) is 31.8 Å². The minimum atomic E-state index is 0.280. The third kappa shape index (κ3) is 2.08. The molecule has 0 radical (unpaired) electrons. The van der Waals surface area contributed by atoms with Crippen LogP contribution in [0.25, 0.3) is 0 Å². The average molecular weight is 283 g/mol. The van der Waals surface area contributed by atoms with E-state index in [-0.39, 0.29) is 6.79 Å². The highest BCUT2D eigenvalue weighted by molar-refractivity contribution is 6.32. The number of rotatable bonds is 2. The van der Waals surface area contributed by atoms with Crippen LogP contribution in [0, 0.1) is 12.8 Å². The van der Waals surface area contributed by atoms with Crippen LogP contribution in [-0.2, 0) is 0 Å². The van der Waals surface area contributed by atoms with Gasteiger partial charge in [0.1, 0.15) is 0 Å². The van der Waals surface area contributed by atoms with Crippen molar-refractivity contribution in [2.75, 3.05) is 26.9 Å². The van der Waals surface area contributed by atoms with E-state index in [2.05, 4.69) is 11.9 Å². The molecule has 5 heteroatoms. The van der Waals surface area contributed by atoms with Gasteiger partial charge in [0.15, 0.2) is 11.5 Å². The third-order valence-corrected chi connectivity index (χ3v) is 4.68. The Kier molecular flexibility index (Phi) is 3.33. The number of hydrogen-bond acceptors (Lipinski definition) is 4. The van der Waals surface area contributed by atoms with Gasteiger partial charge in [-0.05, 0) is 44.5 Å². The van der Waals surface area contributed by atoms with E-state index >= 15 is 0 Å². The van der Waals surface area contributed by atoms with Gasteiger partial charge >= 0.3 is 0 Å². The van der Waals surface area contributed by atoms with E-state index in [1.54, 1.807) is 0 Å². The molecule has 2 N–H and O–H groups in total. The summed E-state index contributed by atoms with van der Waals surface area (Å²) >= 11 is 6.52. The maximum atomic E-state index is 6.52. The van der Waals surface area contributed by atoms with Crippen molar-refractivity contribution in [3.05, 3.63) is 22.2 Å². The molecule has 2 unspecified atom stereocenters. The number of halogens is 1. The fraction of sp³-hybridized carbons (Fsp3) is 0.571. The van der Waals surface area contributed by atoms with Crippen molar-refractivity contribution in [1.29, 1.82) is 0 Å². The summed E-state index contributed by atoms with van der Waals surface area (Å²) < 4.78 is 11.0. The van der Waals surface area contributed by atoms with Gasteiger partial charge in [-0.1, -0.05) is 11.6 Å². The Balaban J connectivity index is 2.00. The number of ether oxygens (including phenoxy) is 2. The SMILES string of the molecule is Cc1c(Cl)c(C2CC(CN)CN2C)cc2c1OCO2. The lowest BCUT2D eigenvalue weighted by Crippen LogP contribution is -2.20. The number of fused-ring (bicyclic) bond motifs is 1. The zero-order chi connectivity index (χ0) is 13.6. The molecule has 2 aliphatic rings. The Hall–Kier alpha value is -0.970. The van der Waals surface area contributed by atoms with Gasteiger partial charge in [-0.25, -0.2) is 0 Å². The molecule has 19 heavy (non-hydrogen) atoms. The van der Waals surface area contributed by atoms with Gasteiger partial charge < -0.3 is 15.2 Å². The summed E-state index contributed by atoms with van der Waals surface area (Å²) in [6, 6.07) is 2.34. The van der Waals surface area contributed by atoms with E-state index in [1.165, 1.54) is 0 Å². The van der Waals surface area contributed by atoms with Crippen molar-refractivity contribution >= 4 is 11.6 Å². The Morgan fingerprint density at radius 3 is 2.95 bits per heavy atom. The van der Waals surface area contributed by atoms with Crippen LogP contribution in [0.5, 0.6) is 11.5 Å². The largest absolute Gasteiger partial charge is 0.454 e. The topological polar surface area (TPSA) is 47.7 Å². The monoisotopic (exact) mass is 282 g/mol. The van der Waals surface area contributed by atoms with Crippen molar-refractivity contribution in [3.8, 4) is 11.5 Å². The summed E-state index contributed by atoms with van der Waals surface area (Å²) in [7, 11) is 2.12. The van der Waals surface area contributed by atoms with Crippen molar-refractivity contribution in [1.82, 2.24) is 4.90 Å². The molecule has 0 spiro atoms. The van der Waals surface area contributed by atoms with E-state index in [4.69, 9.17) is 26.8 Å². The number of nitrogens with zero attached hydrogens (tertiary/aromatic N) is 1. The average Bonchev–Trinajstić information content (AvgIpc) is 3.00. The van der Waals surface area contributed by atoms with Crippen molar-refractivity contribution in [2.24, 2.45) is 11.7 Å². The second kappa shape index (κ2) is 4.85. The molecule has 4 nitrogen and oxygen atoms in total. The molecule has 0 saturated carbocycles. The highest BCUT2D eigenvalue weighted by atomic mass is 35.5. The molecule has 1 saturated heterocycles. The molecule has 0 bridgehead atoms. The summed E-state index contributed by atoms with van der Waals surface area (Å²) in [5.41, 5.74) is 7.89. The summed E-state index contributed by atoms with van der Waals surface area (Å²) in [5.74, 6) is 2.13. The molecule has 2 heterocycles. The standard InChI is InChI=1S/C14H19ClN2O2/c1-8-13(15)10(4-12-14(8)19-7-18-12)11-3-9(5-16)6-17(11)2/h4,9,11H,3,5-7,16H2,1-2H3. The molecule has 2 aliphatic heterocycles. The second-order valence-electron chi connectivity index (χ2n) is 5.43. The van der Waals surface area contributed by atoms with Crippen LogP contribution in [0.15, 0.2) is 6.07 Å². The van der Waals surface area contributed by atoms with E-state index < -0.39 is 0 Å². The number of nitrogens with two attached hydrogens (primary N) is 1. The van der Waals surface area contributed by atoms with Crippen LogP contribution in [0.4, 0.5) is 0 Å². The molecule has 2 atom stereocenters. The Morgan fingerprint density at radius 1 is 1.47 bits per heavy atom. The van der Waals surface area contributed by atoms with Gasteiger partial charge in [-0.3, -0.25) is 4.90 Å². The Labute approximate surface area is 118 Å². The molecule has 0 aromatic heterocycles. The smallest absolute Gasteiger partial charge is 0.231 e. The molecular weight excluding hydrogens is 264 g/mol. The van der Waals surface area contributed by atoms with Crippen LogP contribution >= 0.6 is 11.6 Å². The maximum Gasteiger partial charge on any atom is 0.231 e. The quantitative estimate of drug-likeness (QED) is 0.904. The maximum absolute atomic E-state index is 6.52. The van der Waals surface area contributed by atoms with Gasteiger partial charge in [0.25, 0.3) is 0 Å². The molecule has 104 valence electrons. The van der Waals surface area contributed by atoms with Crippen LogP contribution in [0.1, 0.15) is 23.6 Å². The van der Waals surface area contributed by atoms with Gasteiger partial charge in [-0.2, -0.15) is 0 Å². The first kappa shape index (κ1) is 13.0. The van der Waals surface area contributed by atoms with Crippen molar-refractivity contribution < 1.29 is 9.47 Å². The first-order valence-corrected chi connectivity index (χ1v) is 6.98. The molecule has 3 rings (SSSR count). The first-order chi connectivity index (χ1) is 9.11. The van der Waals surface area contributed by atoms with Crippen molar-refractivity contribution in [2.45, 2.75) is 19.4 Å². The zero-order valence-electron chi connectivity index (χ0n) is 11.3. The predicted octanol–water partition coefficient (Wildman–Crippen LogP) is 2.33. The lowest BCUT2D eigenvalue weighted by Gasteiger charge is -2.22. The molecule has 1 aromatic carbocycles. The molecular formula is C14H19ClN2O2. The van der Waals surface area contributed by atoms with Gasteiger partial charge in [0.2, 0.25) is 6.79 Å². The van der Waals surface area contributed by atoms with Crippen LogP contribution in [0.3, 0.4) is 0 Å². The summed E-state index contributed by atoms with van der Waals surface area (Å²) in [4.78, 5) is 2.32. The Morgan fingerprint density at radius 2 is 2.26 bits per heavy atom. The second-order valence-corrected chi connectivity index (χ2v) is 5.81. The van der Waals surface area contributed by atoms with Crippen molar-refractivity contribution in [3.63, 3.8) is 0 Å². The highest BCUT2D eigenvalue weighted by Crippen LogP contribution is 2.46. The van der Waals surface area contributed by atoms with Crippen LogP contribution in [0.2, 0.25) is 5.02 Å². The number of likely N-dealkylation sites (tertiary alicyclic amines) is 1. The fourth-order valence-corrected chi connectivity index (χ4v) is 3.36. The normalized spacial score (nSPS) is 26.1. The fourth-order valence-electron chi connectivity index (χ4n) is 3.09. The highest BCUT2D eigenvalue weighted by Gasteiger charge is 2.33. The number of benzene rings is 1. The first-order valence-electron chi connectivity index (χ1n) is 6.60.